The van der Waals surface area contributed by atoms with Crippen LogP contribution in [0.2, 0.25) is 0 Å². The number of rotatable bonds is 2. The first-order chi connectivity index (χ1) is 6.99. The van der Waals surface area contributed by atoms with Gasteiger partial charge >= 0.3 is 6.18 Å². The van der Waals surface area contributed by atoms with E-state index < -0.39 is 17.4 Å². The average Bonchev–Trinajstić information content (AvgIpc) is 2.17. The summed E-state index contributed by atoms with van der Waals surface area (Å²) in [6, 6.07) is 3.58. The van der Waals surface area contributed by atoms with E-state index in [9.17, 15) is 18.0 Å². The van der Waals surface area contributed by atoms with E-state index in [1.54, 1.807) is 6.26 Å². The molecule has 0 N–H and O–H groups in total. The molecule has 6 heteroatoms. The van der Waals surface area contributed by atoms with Crippen molar-refractivity contribution in [3.8, 4) is 0 Å². The molecule has 80 valence electrons. The Morgan fingerprint density at radius 2 is 2.07 bits per heavy atom. The second kappa shape index (κ2) is 4.51. The summed E-state index contributed by atoms with van der Waals surface area (Å²) in [4.78, 5) is 13.4. The molecule has 0 saturated carbocycles. The van der Waals surface area contributed by atoms with Gasteiger partial charge in [-0.3, -0.25) is 0 Å². The highest BCUT2D eigenvalue weighted by molar-refractivity contribution is 7.98. The molecule has 0 unspecified atom stereocenters. The fourth-order valence-electron chi connectivity index (χ4n) is 1.02. The predicted octanol–water partition coefficient (Wildman–Crippen LogP) is 3.39. The first-order valence-corrected chi connectivity index (χ1v) is 5.04. The minimum Gasteiger partial charge on any atom is -0.211 e. The Morgan fingerprint density at radius 3 is 2.53 bits per heavy atom. The molecule has 0 heterocycles. The van der Waals surface area contributed by atoms with Crippen molar-refractivity contribution in [2.75, 3.05) is 6.26 Å². The Bertz CT molecular complexity index is 410. The van der Waals surface area contributed by atoms with Crippen LogP contribution in [0.1, 0.15) is 5.56 Å². The fourth-order valence-corrected chi connectivity index (χ4v) is 1.46. The molecule has 0 radical (unpaired) electrons. The Morgan fingerprint density at radius 1 is 1.40 bits per heavy atom. The Hall–Kier alpha value is -1.26. The summed E-state index contributed by atoms with van der Waals surface area (Å²) in [6.07, 6.45) is -1.75. The van der Waals surface area contributed by atoms with Gasteiger partial charge in [0, 0.05) is 4.90 Å². The maximum atomic E-state index is 12.5. The van der Waals surface area contributed by atoms with Gasteiger partial charge in [0.05, 0.1) is 11.3 Å². The summed E-state index contributed by atoms with van der Waals surface area (Å²) < 4.78 is 37.5. The van der Waals surface area contributed by atoms with Gasteiger partial charge < -0.3 is 0 Å². The SMILES string of the molecule is CSc1ccc(N=C=O)c(C(F)(F)F)c1. The molecular weight excluding hydrogens is 227 g/mol. The molecule has 1 aromatic rings. The smallest absolute Gasteiger partial charge is 0.211 e. The number of halogens is 3. The van der Waals surface area contributed by atoms with Crippen LogP contribution in [0.25, 0.3) is 0 Å². The van der Waals surface area contributed by atoms with Crippen molar-refractivity contribution >= 4 is 23.5 Å². The van der Waals surface area contributed by atoms with Gasteiger partial charge in [0.1, 0.15) is 0 Å². The average molecular weight is 233 g/mol. The van der Waals surface area contributed by atoms with E-state index >= 15 is 0 Å². The third-order valence-corrected chi connectivity index (χ3v) is 2.40. The van der Waals surface area contributed by atoms with Gasteiger partial charge in [0.25, 0.3) is 0 Å². The van der Waals surface area contributed by atoms with Crippen LogP contribution in [0.3, 0.4) is 0 Å². The summed E-state index contributed by atoms with van der Waals surface area (Å²) in [5, 5.41) is 0. The van der Waals surface area contributed by atoms with Crippen LogP contribution in [-0.4, -0.2) is 12.3 Å². The molecule has 0 aromatic heterocycles. The van der Waals surface area contributed by atoms with Crippen LogP contribution < -0.4 is 0 Å². The van der Waals surface area contributed by atoms with E-state index in [1.165, 1.54) is 17.8 Å². The lowest BCUT2D eigenvalue weighted by Gasteiger charge is -2.09. The molecule has 0 aliphatic carbocycles. The van der Waals surface area contributed by atoms with E-state index in [0.29, 0.717) is 4.90 Å². The van der Waals surface area contributed by atoms with E-state index in [4.69, 9.17) is 0 Å². The van der Waals surface area contributed by atoms with Crippen molar-refractivity contribution in [3.05, 3.63) is 23.8 Å². The molecule has 0 saturated heterocycles. The lowest BCUT2D eigenvalue weighted by molar-refractivity contribution is -0.137. The first-order valence-electron chi connectivity index (χ1n) is 3.82. The molecule has 1 rings (SSSR count). The molecule has 1 aromatic carbocycles. The molecule has 2 nitrogen and oxygen atoms in total. The topological polar surface area (TPSA) is 29.4 Å². The van der Waals surface area contributed by atoms with E-state index in [0.717, 1.165) is 18.2 Å². The molecule has 0 aliphatic heterocycles. The molecule has 15 heavy (non-hydrogen) atoms. The lowest BCUT2D eigenvalue weighted by Crippen LogP contribution is -2.05. The largest absolute Gasteiger partial charge is 0.418 e. The van der Waals surface area contributed by atoms with Crippen molar-refractivity contribution in [2.45, 2.75) is 11.1 Å². The van der Waals surface area contributed by atoms with Crippen molar-refractivity contribution < 1.29 is 18.0 Å². The first kappa shape index (κ1) is 11.8. The quantitative estimate of drug-likeness (QED) is 0.445. The maximum Gasteiger partial charge on any atom is 0.418 e. The van der Waals surface area contributed by atoms with E-state index in [1.807, 2.05) is 0 Å². The van der Waals surface area contributed by atoms with E-state index in [2.05, 4.69) is 4.99 Å². The highest BCUT2D eigenvalue weighted by Crippen LogP contribution is 2.38. The van der Waals surface area contributed by atoms with Crippen molar-refractivity contribution in [2.24, 2.45) is 4.99 Å². The molecule has 0 aliphatic rings. The van der Waals surface area contributed by atoms with Crippen LogP contribution in [0.4, 0.5) is 18.9 Å². The van der Waals surface area contributed by atoms with Crippen molar-refractivity contribution in [1.29, 1.82) is 0 Å². The zero-order valence-corrected chi connectivity index (χ0v) is 8.45. The molecule has 0 spiro atoms. The molecule has 0 atom stereocenters. The standard InChI is InChI=1S/C9H6F3NOS/c1-15-6-2-3-8(13-5-14)7(4-6)9(10,11)12/h2-4H,1H3. The Balaban J connectivity index is 3.35. The Labute approximate surface area is 88.2 Å². The van der Waals surface area contributed by atoms with Crippen LogP contribution in [0, 0.1) is 0 Å². The second-order valence-electron chi connectivity index (χ2n) is 2.58. The van der Waals surface area contributed by atoms with Crippen LogP contribution in [-0.2, 0) is 11.0 Å². The van der Waals surface area contributed by atoms with Crippen LogP contribution in [0.5, 0.6) is 0 Å². The highest BCUT2D eigenvalue weighted by atomic mass is 32.2. The zero-order chi connectivity index (χ0) is 11.5. The minimum absolute atomic E-state index is 0.407. The third-order valence-electron chi connectivity index (χ3n) is 1.68. The number of hydrogen-bond acceptors (Lipinski definition) is 3. The van der Waals surface area contributed by atoms with E-state index in [-0.39, 0.29) is 0 Å². The summed E-state index contributed by atoms with van der Waals surface area (Å²) in [5.41, 5.74) is -1.33. The number of aliphatic imine (C=N–C) groups is 1. The van der Waals surface area contributed by atoms with Gasteiger partial charge in [-0.15, -0.1) is 11.8 Å². The fraction of sp³-hybridized carbons (Fsp3) is 0.222. The molecule has 0 bridgehead atoms. The van der Waals surface area contributed by atoms with Gasteiger partial charge in [0.2, 0.25) is 6.08 Å². The van der Waals surface area contributed by atoms with Gasteiger partial charge in [-0.1, -0.05) is 0 Å². The number of alkyl halides is 3. The summed E-state index contributed by atoms with van der Waals surface area (Å²) in [7, 11) is 0. The number of thioether (sulfide) groups is 1. The van der Waals surface area contributed by atoms with Crippen molar-refractivity contribution in [3.63, 3.8) is 0 Å². The third kappa shape index (κ3) is 2.84. The number of carbonyl (C=O) groups excluding carboxylic acids is 1. The van der Waals surface area contributed by atoms with Crippen molar-refractivity contribution in [1.82, 2.24) is 0 Å². The van der Waals surface area contributed by atoms with Gasteiger partial charge in [0.15, 0.2) is 0 Å². The van der Waals surface area contributed by atoms with Crippen LogP contribution >= 0.6 is 11.8 Å². The lowest BCUT2D eigenvalue weighted by atomic mass is 10.2. The molecule has 0 fully saturated rings. The number of benzene rings is 1. The van der Waals surface area contributed by atoms with Gasteiger partial charge in [-0.25, -0.2) is 4.79 Å². The van der Waals surface area contributed by atoms with Crippen LogP contribution in [0.15, 0.2) is 28.1 Å². The highest BCUT2D eigenvalue weighted by Gasteiger charge is 2.33. The monoisotopic (exact) mass is 233 g/mol. The summed E-state index contributed by atoms with van der Waals surface area (Å²) >= 11 is 1.19. The van der Waals surface area contributed by atoms with Gasteiger partial charge in [-0.2, -0.15) is 18.2 Å². The predicted molar refractivity (Wildman–Crippen MR) is 51.0 cm³/mol. The summed E-state index contributed by atoms with van der Waals surface area (Å²) in [6.45, 7) is 0. The Kier molecular flexibility index (Phi) is 3.55. The molecular formula is C9H6F3NOS. The minimum atomic E-state index is -4.51. The number of nitrogens with zero attached hydrogens (tertiary/aromatic N) is 1. The zero-order valence-electron chi connectivity index (χ0n) is 7.63. The second-order valence-corrected chi connectivity index (χ2v) is 3.46. The maximum absolute atomic E-state index is 12.5. The summed E-state index contributed by atoms with van der Waals surface area (Å²) in [5.74, 6) is 0. The normalized spacial score (nSPS) is 10.9. The van der Waals surface area contributed by atoms with Gasteiger partial charge in [-0.05, 0) is 24.5 Å². The number of isocyanates is 1. The molecule has 0 amide bonds. The number of hydrogen-bond donors (Lipinski definition) is 0.